The first-order valence-electron chi connectivity index (χ1n) is 11.1. The van der Waals surface area contributed by atoms with Crippen LogP contribution in [0.1, 0.15) is 23.6 Å². The van der Waals surface area contributed by atoms with E-state index in [0.717, 1.165) is 17.3 Å². The maximum Gasteiger partial charge on any atom is 0.293 e. The number of hydrogen-bond donors (Lipinski definition) is 0. The van der Waals surface area contributed by atoms with Crippen molar-refractivity contribution in [1.29, 1.82) is 0 Å². The Morgan fingerprint density at radius 2 is 1.68 bits per heavy atom. The van der Waals surface area contributed by atoms with Crippen molar-refractivity contribution in [3.63, 3.8) is 0 Å². The van der Waals surface area contributed by atoms with E-state index < -0.39 is 10.8 Å². The fourth-order valence-electron chi connectivity index (χ4n) is 3.50. The van der Waals surface area contributed by atoms with E-state index in [1.54, 1.807) is 54.6 Å². The normalized spacial score (nSPS) is 14.4. The van der Waals surface area contributed by atoms with Crippen molar-refractivity contribution in [2.75, 3.05) is 6.61 Å². The van der Waals surface area contributed by atoms with Gasteiger partial charge in [-0.15, -0.1) is 0 Å². The number of nitrogens with zero attached hydrogens (tertiary/aromatic N) is 2. The number of imide groups is 1. The molecule has 0 N–H and O–H groups in total. The molecule has 2 amide bonds. The van der Waals surface area contributed by atoms with Crippen LogP contribution in [-0.4, -0.2) is 27.6 Å². The lowest BCUT2D eigenvalue weighted by molar-refractivity contribution is -0.384. The van der Waals surface area contributed by atoms with Crippen LogP contribution in [0.4, 0.5) is 10.5 Å². The summed E-state index contributed by atoms with van der Waals surface area (Å²) in [5.74, 6) is 0.260. The van der Waals surface area contributed by atoms with Crippen molar-refractivity contribution in [2.45, 2.75) is 20.1 Å². The van der Waals surface area contributed by atoms with E-state index in [0.29, 0.717) is 34.3 Å². The predicted octanol–water partition coefficient (Wildman–Crippen LogP) is 7.12. The second kappa shape index (κ2) is 11.7. The molecule has 0 bridgehead atoms. The topological polar surface area (TPSA) is 99.0 Å². The van der Waals surface area contributed by atoms with Crippen LogP contribution >= 0.6 is 35.0 Å². The summed E-state index contributed by atoms with van der Waals surface area (Å²) in [5.41, 5.74) is 2.04. The predicted molar refractivity (Wildman–Crippen MR) is 143 cm³/mol. The standard InChI is InChI=1S/C26H20Cl2N2O6S/c1-2-35-22-12-18(11-21(28)24(22)36-15-17-5-9-20(10-6-17)30(33)34)13-23-25(31)29(26(32)37-23)14-16-3-7-19(27)8-4-16/h3-13H,2,14-15H2,1H3/b23-13-. The molecule has 0 aromatic heterocycles. The summed E-state index contributed by atoms with van der Waals surface area (Å²) in [4.78, 5) is 37.3. The van der Waals surface area contributed by atoms with Gasteiger partial charge in [0, 0.05) is 17.2 Å². The summed E-state index contributed by atoms with van der Waals surface area (Å²) in [5, 5.41) is 11.3. The third-order valence-electron chi connectivity index (χ3n) is 5.29. The van der Waals surface area contributed by atoms with Crippen molar-refractivity contribution in [2.24, 2.45) is 0 Å². The van der Waals surface area contributed by atoms with Gasteiger partial charge in [-0.05, 0) is 77.9 Å². The van der Waals surface area contributed by atoms with E-state index in [9.17, 15) is 19.7 Å². The summed E-state index contributed by atoms with van der Waals surface area (Å²) < 4.78 is 11.6. The van der Waals surface area contributed by atoms with Crippen LogP contribution in [0.3, 0.4) is 0 Å². The molecule has 0 radical (unpaired) electrons. The Hall–Kier alpha value is -3.53. The van der Waals surface area contributed by atoms with Gasteiger partial charge in [-0.1, -0.05) is 35.3 Å². The molecule has 0 aliphatic carbocycles. The van der Waals surface area contributed by atoms with Gasteiger partial charge in [0.25, 0.3) is 16.8 Å². The zero-order valence-corrected chi connectivity index (χ0v) is 21.8. The second-order valence-corrected chi connectivity index (χ2v) is 9.71. The Bertz CT molecular complexity index is 1380. The number of carbonyl (C=O) groups excluding carboxylic acids is 2. The average molecular weight is 559 g/mol. The number of thioether (sulfide) groups is 1. The minimum Gasteiger partial charge on any atom is -0.490 e. The van der Waals surface area contributed by atoms with Gasteiger partial charge in [-0.2, -0.15) is 0 Å². The summed E-state index contributed by atoms with van der Waals surface area (Å²) in [6.07, 6.45) is 1.58. The van der Waals surface area contributed by atoms with Crippen LogP contribution < -0.4 is 9.47 Å². The number of halogens is 2. The molecule has 1 heterocycles. The van der Waals surface area contributed by atoms with E-state index in [1.165, 1.54) is 17.0 Å². The highest BCUT2D eigenvalue weighted by Crippen LogP contribution is 2.40. The summed E-state index contributed by atoms with van der Waals surface area (Å²) in [6.45, 7) is 2.40. The number of nitro benzene ring substituents is 1. The van der Waals surface area contributed by atoms with Crippen molar-refractivity contribution < 1.29 is 24.0 Å². The molecule has 1 aliphatic heterocycles. The van der Waals surface area contributed by atoms with Crippen molar-refractivity contribution >= 4 is 57.9 Å². The number of nitro groups is 1. The van der Waals surface area contributed by atoms with Crippen LogP contribution in [-0.2, 0) is 17.9 Å². The summed E-state index contributed by atoms with van der Waals surface area (Å²) >= 11 is 13.3. The van der Waals surface area contributed by atoms with Gasteiger partial charge in [0.15, 0.2) is 11.5 Å². The minimum absolute atomic E-state index is 0.0151. The number of carbonyl (C=O) groups is 2. The Morgan fingerprint density at radius 1 is 1.00 bits per heavy atom. The average Bonchev–Trinajstić information content (AvgIpc) is 3.12. The Balaban J connectivity index is 1.52. The molecule has 1 saturated heterocycles. The highest BCUT2D eigenvalue weighted by molar-refractivity contribution is 8.18. The molecular weight excluding hydrogens is 539 g/mol. The Morgan fingerprint density at radius 3 is 2.32 bits per heavy atom. The minimum atomic E-state index is -0.472. The Labute approximate surface area is 226 Å². The van der Waals surface area contributed by atoms with Gasteiger partial charge >= 0.3 is 0 Å². The van der Waals surface area contributed by atoms with Gasteiger partial charge in [0.2, 0.25) is 0 Å². The van der Waals surface area contributed by atoms with Crippen LogP contribution in [0.25, 0.3) is 6.08 Å². The Kier molecular flexibility index (Phi) is 8.38. The van der Waals surface area contributed by atoms with Crippen LogP contribution in [0.5, 0.6) is 11.5 Å². The molecule has 190 valence electrons. The molecule has 37 heavy (non-hydrogen) atoms. The number of amides is 2. The van der Waals surface area contributed by atoms with E-state index in [4.69, 9.17) is 32.7 Å². The van der Waals surface area contributed by atoms with Gasteiger partial charge in [0.1, 0.15) is 6.61 Å². The molecule has 0 saturated carbocycles. The van der Waals surface area contributed by atoms with Crippen molar-refractivity contribution in [3.8, 4) is 11.5 Å². The number of non-ortho nitro benzene ring substituents is 1. The quantitative estimate of drug-likeness (QED) is 0.156. The van der Waals surface area contributed by atoms with Crippen LogP contribution in [0, 0.1) is 10.1 Å². The first-order valence-corrected chi connectivity index (χ1v) is 12.6. The molecule has 11 heteroatoms. The van der Waals surface area contributed by atoms with Crippen molar-refractivity contribution in [1.82, 2.24) is 4.90 Å². The molecule has 1 aliphatic rings. The molecule has 4 rings (SSSR count). The maximum absolute atomic E-state index is 12.9. The lowest BCUT2D eigenvalue weighted by atomic mass is 10.1. The number of hydrogen-bond acceptors (Lipinski definition) is 7. The largest absolute Gasteiger partial charge is 0.490 e. The van der Waals surface area contributed by atoms with Gasteiger partial charge in [-0.25, -0.2) is 0 Å². The van der Waals surface area contributed by atoms with Gasteiger partial charge in [0.05, 0.1) is 28.0 Å². The summed E-state index contributed by atoms with van der Waals surface area (Å²) in [7, 11) is 0. The zero-order chi connectivity index (χ0) is 26.5. The fourth-order valence-corrected chi connectivity index (χ4v) is 4.74. The van der Waals surface area contributed by atoms with Gasteiger partial charge < -0.3 is 9.47 Å². The lowest BCUT2D eigenvalue weighted by Crippen LogP contribution is -2.27. The first-order chi connectivity index (χ1) is 17.7. The summed E-state index contributed by atoms with van der Waals surface area (Å²) in [6, 6.07) is 16.2. The van der Waals surface area contributed by atoms with E-state index in [2.05, 4.69) is 0 Å². The molecular formula is C26H20Cl2N2O6S. The lowest BCUT2D eigenvalue weighted by Gasteiger charge is -2.15. The van der Waals surface area contributed by atoms with E-state index in [1.807, 2.05) is 6.92 Å². The monoisotopic (exact) mass is 558 g/mol. The molecule has 1 fully saturated rings. The van der Waals surface area contributed by atoms with Crippen molar-refractivity contribution in [3.05, 3.63) is 102 Å². The molecule has 8 nitrogen and oxygen atoms in total. The van der Waals surface area contributed by atoms with Crippen LogP contribution in [0.2, 0.25) is 10.0 Å². The maximum atomic E-state index is 12.9. The SMILES string of the molecule is CCOc1cc(/C=C2\SC(=O)N(Cc3ccc(Cl)cc3)C2=O)cc(Cl)c1OCc1ccc([N+](=O)[O-])cc1. The van der Waals surface area contributed by atoms with E-state index >= 15 is 0 Å². The third-order valence-corrected chi connectivity index (χ3v) is 6.73. The van der Waals surface area contributed by atoms with Crippen LogP contribution in [0.15, 0.2) is 65.6 Å². The molecule has 3 aromatic rings. The third kappa shape index (κ3) is 6.43. The molecule has 0 unspecified atom stereocenters. The molecule has 0 spiro atoms. The second-order valence-electron chi connectivity index (χ2n) is 7.87. The zero-order valence-electron chi connectivity index (χ0n) is 19.5. The smallest absolute Gasteiger partial charge is 0.293 e. The number of benzene rings is 3. The highest BCUT2D eigenvalue weighted by atomic mass is 35.5. The van der Waals surface area contributed by atoms with Gasteiger partial charge in [-0.3, -0.25) is 24.6 Å². The molecule has 0 atom stereocenters. The highest BCUT2D eigenvalue weighted by Gasteiger charge is 2.35. The molecule has 3 aromatic carbocycles. The number of ether oxygens (including phenoxy) is 2. The number of rotatable bonds is 9. The fraction of sp³-hybridized carbons (Fsp3) is 0.154. The first kappa shape index (κ1) is 26.5. The van der Waals surface area contributed by atoms with E-state index in [-0.39, 0.29) is 34.0 Å².